The first-order valence-electron chi connectivity index (χ1n) is 11.3. The molecule has 4 N–H and O–H groups in total. The van der Waals surface area contributed by atoms with Gasteiger partial charge in [-0.1, -0.05) is 24.1 Å². The Morgan fingerprint density at radius 1 is 1.17 bits per heavy atom. The average molecular weight is 468 g/mol. The monoisotopic (exact) mass is 467 g/mol. The van der Waals surface area contributed by atoms with Gasteiger partial charge in [0.25, 0.3) is 5.91 Å². The van der Waals surface area contributed by atoms with E-state index in [1.807, 2.05) is 30.3 Å². The van der Waals surface area contributed by atoms with E-state index in [-0.39, 0.29) is 28.9 Å². The molecule has 1 saturated carbocycles. The van der Waals surface area contributed by atoms with E-state index < -0.39 is 0 Å². The van der Waals surface area contributed by atoms with Gasteiger partial charge in [-0.3, -0.25) is 10.2 Å². The molecule has 176 valence electrons. The zero-order chi connectivity index (χ0) is 24.4. The van der Waals surface area contributed by atoms with Crippen molar-refractivity contribution >= 4 is 23.3 Å². The minimum Gasteiger partial charge on any atom is -0.439 e. The Balaban J connectivity index is 1.25. The number of benzene rings is 1. The van der Waals surface area contributed by atoms with Gasteiger partial charge in [-0.2, -0.15) is 0 Å². The number of ether oxygens (including phenoxy) is 1. The summed E-state index contributed by atoms with van der Waals surface area (Å²) >= 11 is 0. The predicted molar refractivity (Wildman–Crippen MR) is 132 cm³/mol. The van der Waals surface area contributed by atoms with Gasteiger partial charge in [-0.05, 0) is 43.9 Å². The molecule has 9 heteroatoms. The van der Waals surface area contributed by atoms with Gasteiger partial charge in [0, 0.05) is 42.4 Å². The highest BCUT2D eigenvalue weighted by atomic mass is 16.5. The molecule has 0 bridgehead atoms. The second-order valence-electron chi connectivity index (χ2n) is 8.94. The molecule has 0 unspecified atom stereocenters. The molecule has 1 aromatic carbocycles. The number of carbonyl (C=O) groups is 1. The van der Waals surface area contributed by atoms with E-state index in [2.05, 4.69) is 32.1 Å². The van der Waals surface area contributed by atoms with Crippen LogP contribution in [0.15, 0.2) is 55.0 Å². The maximum absolute atomic E-state index is 11.9. The molecule has 1 aliphatic carbocycles. The van der Waals surface area contributed by atoms with Gasteiger partial charge >= 0.3 is 0 Å². The van der Waals surface area contributed by atoms with Gasteiger partial charge in [0.2, 0.25) is 5.88 Å². The Bertz CT molecular complexity index is 1320. The molecule has 5 rings (SSSR count). The summed E-state index contributed by atoms with van der Waals surface area (Å²) in [5.41, 5.74) is 7.50. The van der Waals surface area contributed by atoms with E-state index >= 15 is 0 Å². The highest BCUT2D eigenvalue weighted by Crippen LogP contribution is 2.49. The van der Waals surface area contributed by atoms with Crippen molar-refractivity contribution in [2.45, 2.75) is 25.8 Å². The van der Waals surface area contributed by atoms with Crippen LogP contribution in [0.25, 0.3) is 0 Å². The SMILES string of the molecule is CC#CC(=O)N1CC2(CC(Nc3ncnc(N)c3C(=N)c3ccc(Oc4ccccc4)nc3)C2)C1. The van der Waals surface area contributed by atoms with Gasteiger partial charge in [-0.15, -0.1) is 0 Å². The number of likely N-dealkylation sites (tertiary alicyclic amines) is 1. The van der Waals surface area contributed by atoms with Crippen LogP contribution >= 0.6 is 0 Å². The van der Waals surface area contributed by atoms with Crippen molar-refractivity contribution in [3.63, 3.8) is 0 Å². The molecule has 1 spiro atoms. The Labute approximate surface area is 203 Å². The highest BCUT2D eigenvalue weighted by molar-refractivity contribution is 6.16. The molecular formula is C26H25N7O2. The van der Waals surface area contributed by atoms with Crippen molar-refractivity contribution in [3.8, 4) is 23.5 Å². The summed E-state index contributed by atoms with van der Waals surface area (Å²) in [7, 11) is 0. The minimum absolute atomic E-state index is 0.109. The molecule has 9 nitrogen and oxygen atoms in total. The van der Waals surface area contributed by atoms with Crippen molar-refractivity contribution in [2.24, 2.45) is 5.41 Å². The predicted octanol–water partition coefficient (Wildman–Crippen LogP) is 3.09. The summed E-state index contributed by atoms with van der Waals surface area (Å²) in [6, 6.07) is 13.0. The van der Waals surface area contributed by atoms with Crippen molar-refractivity contribution in [2.75, 3.05) is 24.1 Å². The molecule has 3 aromatic rings. The molecule has 2 aromatic heterocycles. The average Bonchev–Trinajstić information content (AvgIpc) is 2.80. The minimum atomic E-state index is -0.109. The third-order valence-corrected chi connectivity index (χ3v) is 6.39. The lowest BCUT2D eigenvalue weighted by atomic mass is 9.60. The van der Waals surface area contributed by atoms with Crippen molar-refractivity contribution in [3.05, 3.63) is 66.1 Å². The molecule has 1 saturated heterocycles. The van der Waals surface area contributed by atoms with Crippen molar-refractivity contribution < 1.29 is 9.53 Å². The number of rotatable bonds is 6. The second kappa shape index (κ2) is 9.06. The molecule has 2 aliphatic rings. The normalized spacial score (nSPS) is 15.9. The van der Waals surface area contributed by atoms with E-state index in [0.29, 0.717) is 28.6 Å². The van der Waals surface area contributed by atoms with Crippen LogP contribution in [0.3, 0.4) is 0 Å². The molecule has 1 aliphatic heterocycles. The summed E-state index contributed by atoms with van der Waals surface area (Å²) in [6.45, 7) is 3.13. The van der Waals surface area contributed by atoms with Gasteiger partial charge in [-0.25, -0.2) is 15.0 Å². The fourth-order valence-electron chi connectivity index (χ4n) is 4.73. The molecule has 35 heavy (non-hydrogen) atoms. The van der Waals surface area contributed by atoms with Crippen LogP contribution in [0.5, 0.6) is 11.6 Å². The number of anilines is 2. The van der Waals surface area contributed by atoms with Crippen LogP contribution in [-0.4, -0.2) is 50.6 Å². The number of nitrogen functional groups attached to an aromatic ring is 1. The third kappa shape index (κ3) is 4.51. The van der Waals surface area contributed by atoms with E-state index in [1.165, 1.54) is 6.33 Å². The Kier molecular flexibility index (Phi) is 5.79. The lowest BCUT2D eigenvalue weighted by molar-refractivity contribution is -0.144. The van der Waals surface area contributed by atoms with Crippen LogP contribution in [-0.2, 0) is 4.79 Å². The largest absolute Gasteiger partial charge is 0.439 e. The number of nitrogens with zero attached hydrogens (tertiary/aromatic N) is 4. The number of amides is 1. The molecule has 0 atom stereocenters. The Hall–Kier alpha value is -4.45. The zero-order valence-electron chi connectivity index (χ0n) is 19.3. The zero-order valence-corrected chi connectivity index (χ0v) is 19.3. The number of aromatic nitrogens is 3. The van der Waals surface area contributed by atoms with Crippen LogP contribution in [0, 0.1) is 22.7 Å². The van der Waals surface area contributed by atoms with Crippen LogP contribution < -0.4 is 15.8 Å². The first kappa shape index (κ1) is 22.3. The molecule has 3 heterocycles. The third-order valence-electron chi connectivity index (χ3n) is 6.39. The van der Waals surface area contributed by atoms with Gasteiger partial charge < -0.3 is 20.7 Å². The van der Waals surface area contributed by atoms with Gasteiger partial charge in [0.1, 0.15) is 23.7 Å². The number of hydrogen-bond acceptors (Lipinski definition) is 8. The van der Waals surface area contributed by atoms with Crippen molar-refractivity contribution in [1.82, 2.24) is 19.9 Å². The number of nitrogens with one attached hydrogen (secondary N) is 2. The maximum Gasteiger partial charge on any atom is 0.298 e. The second-order valence-corrected chi connectivity index (χ2v) is 8.94. The lowest BCUT2D eigenvalue weighted by Gasteiger charge is -2.58. The van der Waals surface area contributed by atoms with Crippen LogP contribution in [0.2, 0.25) is 0 Å². The maximum atomic E-state index is 11.9. The summed E-state index contributed by atoms with van der Waals surface area (Å²) < 4.78 is 5.74. The quantitative estimate of drug-likeness (QED) is 0.375. The number of pyridine rings is 1. The highest BCUT2D eigenvalue weighted by Gasteiger charge is 2.53. The Morgan fingerprint density at radius 2 is 1.94 bits per heavy atom. The number of para-hydroxylation sites is 1. The topological polar surface area (TPSA) is 130 Å². The van der Waals surface area contributed by atoms with E-state index in [0.717, 1.165) is 25.9 Å². The van der Waals surface area contributed by atoms with Crippen LogP contribution in [0.1, 0.15) is 30.9 Å². The van der Waals surface area contributed by atoms with Gasteiger partial charge in [0.15, 0.2) is 0 Å². The fourth-order valence-corrected chi connectivity index (χ4v) is 4.73. The smallest absolute Gasteiger partial charge is 0.298 e. The van der Waals surface area contributed by atoms with E-state index in [4.69, 9.17) is 15.9 Å². The standard InChI is InChI=1S/C26H25N7O2/c1-2-6-21(34)33-14-26(15-33)11-18(12-26)32-25-22(24(28)30-16-31-25)23(27)17-9-10-20(29-13-17)35-19-7-4-3-5-8-19/h3-5,7-10,13,16,18,27H,11-12,14-15H2,1H3,(H3,28,30,31,32). The summed E-state index contributed by atoms with van der Waals surface area (Å²) in [5, 5.41) is 12.2. The molecule has 0 radical (unpaired) electrons. The summed E-state index contributed by atoms with van der Waals surface area (Å²) in [4.78, 5) is 26.5. The fraction of sp³-hybridized carbons (Fsp3) is 0.269. The number of carbonyl (C=O) groups excluding carboxylic acids is 1. The van der Waals surface area contributed by atoms with Crippen molar-refractivity contribution in [1.29, 1.82) is 5.41 Å². The Morgan fingerprint density at radius 3 is 2.63 bits per heavy atom. The number of nitrogens with two attached hydrogens (primary N) is 1. The molecular weight excluding hydrogens is 442 g/mol. The van der Waals surface area contributed by atoms with E-state index in [9.17, 15) is 4.79 Å². The lowest BCUT2D eigenvalue weighted by Crippen LogP contribution is -2.66. The van der Waals surface area contributed by atoms with Gasteiger partial charge in [0.05, 0.1) is 11.3 Å². The van der Waals surface area contributed by atoms with Crippen LogP contribution in [0.4, 0.5) is 11.6 Å². The van der Waals surface area contributed by atoms with E-state index in [1.54, 1.807) is 30.2 Å². The number of hydrogen-bond donors (Lipinski definition) is 3. The summed E-state index contributed by atoms with van der Waals surface area (Å²) in [5.74, 6) is 7.01. The molecule has 2 fully saturated rings. The summed E-state index contributed by atoms with van der Waals surface area (Å²) in [6.07, 6.45) is 4.81. The first-order valence-corrected chi connectivity index (χ1v) is 11.3. The first-order chi connectivity index (χ1) is 17.0. The molecule has 1 amide bonds.